The molecule has 2 aromatic carbocycles. The molecular formula is C14H10BrClN2O. The molecule has 0 fully saturated rings. The van der Waals surface area contributed by atoms with Gasteiger partial charge in [0.15, 0.2) is 0 Å². The molecule has 0 spiro atoms. The number of aromatic amines is 1. The van der Waals surface area contributed by atoms with Crippen LogP contribution in [0.3, 0.4) is 0 Å². The Morgan fingerprint density at radius 1 is 1.26 bits per heavy atom. The summed E-state index contributed by atoms with van der Waals surface area (Å²) in [6.07, 6.45) is 0. The second-order valence-corrected chi connectivity index (χ2v) is 5.33. The maximum Gasteiger partial charge on any atom is 0.139 e. The van der Waals surface area contributed by atoms with E-state index < -0.39 is 0 Å². The van der Waals surface area contributed by atoms with Crippen LogP contribution in [-0.2, 0) is 0 Å². The Morgan fingerprint density at radius 2 is 2.11 bits per heavy atom. The van der Waals surface area contributed by atoms with E-state index >= 15 is 0 Å². The second-order valence-electron chi connectivity index (χ2n) is 4.07. The van der Waals surface area contributed by atoms with Crippen molar-refractivity contribution in [3.8, 4) is 17.1 Å². The summed E-state index contributed by atoms with van der Waals surface area (Å²) in [5.74, 6) is 1.54. The van der Waals surface area contributed by atoms with E-state index in [0.29, 0.717) is 5.02 Å². The van der Waals surface area contributed by atoms with Crippen molar-refractivity contribution >= 4 is 38.6 Å². The fraction of sp³-hybridized carbons (Fsp3) is 0.0714. The molecule has 3 aromatic rings. The van der Waals surface area contributed by atoms with Gasteiger partial charge in [0.05, 0.1) is 17.6 Å². The molecule has 0 amide bonds. The third kappa shape index (κ3) is 2.22. The highest BCUT2D eigenvalue weighted by atomic mass is 79.9. The predicted molar refractivity (Wildman–Crippen MR) is 80.8 cm³/mol. The summed E-state index contributed by atoms with van der Waals surface area (Å²) in [7, 11) is 1.64. The van der Waals surface area contributed by atoms with Crippen LogP contribution < -0.4 is 4.74 Å². The van der Waals surface area contributed by atoms with Crippen molar-refractivity contribution < 1.29 is 4.74 Å². The number of fused-ring (bicyclic) bond motifs is 1. The van der Waals surface area contributed by atoms with Gasteiger partial charge in [-0.15, -0.1) is 0 Å². The number of ether oxygens (including phenoxy) is 1. The average molecular weight is 338 g/mol. The first-order valence-electron chi connectivity index (χ1n) is 5.67. The number of para-hydroxylation sites is 1. The Kier molecular flexibility index (Phi) is 3.21. The van der Waals surface area contributed by atoms with Gasteiger partial charge in [0.2, 0.25) is 0 Å². The molecule has 0 bridgehead atoms. The van der Waals surface area contributed by atoms with Crippen LogP contribution in [0.25, 0.3) is 22.4 Å². The molecule has 0 aliphatic carbocycles. The van der Waals surface area contributed by atoms with Gasteiger partial charge in [-0.1, -0.05) is 33.6 Å². The van der Waals surface area contributed by atoms with E-state index in [4.69, 9.17) is 16.3 Å². The Labute approximate surface area is 123 Å². The summed E-state index contributed by atoms with van der Waals surface area (Å²) in [6, 6.07) is 11.4. The van der Waals surface area contributed by atoms with Gasteiger partial charge in [-0.3, -0.25) is 0 Å². The molecule has 0 saturated heterocycles. The number of halogens is 2. The van der Waals surface area contributed by atoms with Gasteiger partial charge in [0, 0.05) is 10.0 Å². The lowest BCUT2D eigenvalue weighted by molar-refractivity contribution is 0.415. The maximum atomic E-state index is 6.14. The third-order valence-electron chi connectivity index (χ3n) is 2.89. The van der Waals surface area contributed by atoms with Crippen LogP contribution in [0.5, 0.6) is 5.75 Å². The minimum Gasteiger partial charge on any atom is -0.497 e. The lowest BCUT2D eigenvalue weighted by Crippen LogP contribution is -1.86. The number of H-pyrrole nitrogens is 1. The van der Waals surface area contributed by atoms with Crippen molar-refractivity contribution in [1.29, 1.82) is 0 Å². The van der Waals surface area contributed by atoms with Crippen LogP contribution in [0.2, 0.25) is 5.02 Å². The zero-order valence-corrected chi connectivity index (χ0v) is 12.4. The molecule has 3 nitrogen and oxygen atoms in total. The van der Waals surface area contributed by atoms with Gasteiger partial charge < -0.3 is 9.72 Å². The quantitative estimate of drug-likeness (QED) is 0.739. The van der Waals surface area contributed by atoms with Crippen LogP contribution in [-0.4, -0.2) is 17.1 Å². The van der Waals surface area contributed by atoms with E-state index in [9.17, 15) is 0 Å². The highest BCUT2D eigenvalue weighted by Gasteiger charge is 2.11. The fourth-order valence-corrected chi connectivity index (χ4v) is 2.59. The molecule has 19 heavy (non-hydrogen) atoms. The number of hydrogen-bond donors (Lipinski definition) is 1. The second kappa shape index (κ2) is 4.87. The number of imidazole rings is 1. The van der Waals surface area contributed by atoms with Crippen molar-refractivity contribution in [2.45, 2.75) is 0 Å². The number of aromatic nitrogens is 2. The van der Waals surface area contributed by atoms with E-state index in [1.165, 1.54) is 0 Å². The normalized spacial score (nSPS) is 10.9. The number of hydrogen-bond acceptors (Lipinski definition) is 2. The Morgan fingerprint density at radius 3 is 2.84 bits per heavy atom. The molecule has 3 rings (SSSR count). The first-order valence-corrected chi connectivity index (χ1v) is 6.84. The molecule has 0 aliphatic rings. The molecule has 1 N–H and O–H groups in total. The minimum atomic E-state index is 0.638. The van der Waals surface area contributed by atoms with E-state index in [2.05, 4.69) is 25.9 Å². The van der Waals surface area contributed by atoms with Crippen LogP contribution in [0.1, 0.15) is 0 Å². The van der Waals surface area contributed by atoms with Gasteiger partial charge in [-0.2, -0.15) is 0 Å². The third-order valence-corrected chi connectivity index (χ3v) is 3.89. The maximum absolute atomic E-state index is 6.14. The van der Waals surface area contributed by atoms with Crippen molar-refractivity contribution in [3.63, 3.8) is 0 Å². The standard InChI is InChI=1S/C14H10BrClN2O/c1-19-8-5-6-10(15)9(7-8)14-17-12-4-2-3-11(16)13(12)18-14/h2-7H,1H3,(H,17,18). The van der Waals surface area contributed by atoms with E-state index in [0.717, 1.165) is 32.6 Å². The van der Waals surface area contributed by atoms with Crippen molar-refractivity contribution in [3.05, 3.63) is 45.9 Å². The fourth-order valence-electron chi connectivity index (χ4n) is 1.94. The summed E-state index contributed by atoms with van der Waals surface area (Å²) in [6.45, 7) is 0. The van der Waals surface area contributed by atoms with Crippen molar-refractivity contribution in [1.82, 2.24) is 9.97 Å². The molecule has 1 aromatic heterocycles. The molecule has 0 radical (unpaired) electrons. The summed E-state index contributed by atoms with van der Waals surface area (Å²) in [5, 5.41) is 0.638. The SMILES string of the molecule is COc1ccc(Br)c(-c2nc3c(Cl)cccc3[nH]2)c1. The molecule has 0 atom stereocenters. The van der Waals surface area contributed by atoms with Crippen LogP contribution in [0, 0.1) is 0 Å². The van der Waals surface area contributed by atoms with Gasteiger partial charge >= 0.3 is 0 Å². The average Bonchev–Trinajstić information content (AvgIpc) is 2.84. The van der Waals surface area contributed by atoms with Crippen LogP contribution >= 0.6 is 27.5 Å². The first kappa shape index (κ1) is 12.5. The zero-order chi connectivity index (χ0) is 13.4. The van der Waals surface area contributed by atoms with Crippen LogP contribution in [0.15, 0.2) is 40.9 Å². The monoisotopic (exact) mass is 336 g/mol. The number of methoxy groups -OCH3 is 1. The largest absolute Gasteiger partial charge is 0.497 e. The predicted octanol–water partition coefficient (Wildman–Crippen LogP) is 4.65. The number of rotatable bonds is 2. The topological polar surface area (TPSA) is 37.9 Å². The molecule has 5 heteroatoms. The minimum absolute atomic E-state index is 0.638. The number of nitrogens with zero attached hydrogens (tertiary/aromatic N) is 1. The summed E-state index contributed by atoms with van der Waals surface area (Å²) in [5.41, 5.74) is 2.62. The van der Waals surface area contributed by atoms with Gasteiger partial charge in [0.1, 0.15) is 17.1 Å². The molecule has 96 valence electrons. The Hall–Kier alpha value is -1.52. The summed E-state index contributed by atoms with van der Waals surface area (Å²) in [4.78, 5) is 7.81. The van der Waals surface area contributed by atoms with Crippen molar-refractivity contribution in [2.24, 2.45) is 0 Å². The molecule has 1 heterocycles. The van der Waals surface area contributed by atoms with E-state index in [1.54, 1.807) is 7.11 Å². The summed E-state index contributed by atoms with van der Waals surface area (Å²) >= 11 is 9.66. The Balaban J connectivity index is 2.21. The van der Waals surface area contributed by atoms with E-state index in [-0.39, 0.29) is 0 Å². The molecule has 0 unspecified atom stereocenters. The van der Waals surface area contributed by atoms with Gasteiger partial charge in [-0.05, 0) is 30.3 Å². The number of benzene rings is 2. The summed E-state index contributed by atoms with van der Waals surface area (Å²) < 4.78 is 6.19. The van der Waals surface area contributed by atoms with Gasteiger partial charge in [0.25, 0.3) is 0 Å². The molecule has 0 aliphatic heterocycles. The Bertz CT molecular complexity index is 754. The lowest BCUT2D eigenvalue weighted by atomic mass is 10.2. The molecule has 0 saturated carbocycles. The lowest BCUT2D eigenvalue weighted by Gasteiger charge is -2.04. The van der Waals surface area contributed by atoms with Crippen molar-refractivity contribution in [2.75, 3.05) is 7.11 Å². The number of nitrogens with one attached hydrogen (secondary N) is 1. The molecular weight excluding hydrogens is 328 g/mol. The zero-order valence-electron chi connectivity index (χ0n) is 10.1. The van der Waals surface area contributed by atoms with Crippen LogP contribution in [0.4, 0.5) is 0 Å². The van der Waals surface area contributed by atoms with E-state index in [1.807, 2.05) is 36.4 Å². The highest BCUT2D eigenvalue weighted by Crippen LogP contribution is 2.32. The smallest absolute Gasteiger partial charge is 0.139 e. The highest BCUT2D eigenvalue weighted by molar-refractivity contribution is 9.10. The van der Waals surface area contributed by atoms with Gasteiger partial charge in [-0.25, -0.2) is 4.98 Å². The first-order chi connectivity index (χ1) is 9.19.